The zero-order chi connectivity index (χ0) is 12.6. The highest BCUT2D eigenvalue weighted by Crippen LogP contribution is 2.36. The highest BCUT2D eigenvalue weighted by molar-refractivity contribution is 9.11. The van der Waals surface area contributed by atoms with Gasteiger partial charge >= 0.3 is 0 Å². The molecule has 0 amide bonds. The minimum atomic E-state index is -3.12. The summed E-state index contributed by atoms with van der Waals surface area (Å²) in [5.74, 6) is 0. The zero-order valence-corrected chi connectivity index (χ0v) is 13.0. The van der Waals surface area contributed by atoms with Gasteiger partial charge in [-0.25, -0.2) is 8.42 Å². The average Bonchev–Trinajstić information content (AvgIpc) is 2.50. The SMILES string of the molecule is CNC(c1ccc(Br)s1)C(C)(C)S(C)(=O)=O. The third kappa shape index (κ3) is 2.67. The number of halogens is 1. The predicted octanol–water partition coefficient (Wildman–Crippen LogP) is 2.59. The van der Waals surface area contributed by atoms with Crippen molar-refractivity contribution in [3.8, 4) is 0 Å². The molecule has 1 heterocycles. The van der Waals surface area contributed by atoms with E-state index >= 15 is 0 Å². The van der Waals surface area contributed by atoms with Crippen LogP contribution in [0.25, 0.3) is 0 Å². The molecule has 0 aromatic carbocycles. The van der Waals surface area contributed by atoms with E-state index in [0.717, 1.165) is 8.66 Å². The van der Waals surface area contributed by atoms with E-state index < -0.39 is 14.6 Å². The van der Waals surface area contributed by atoms with Crippen molar-refractivity contribution >= 4 is 37.1 Å². The van der Waals surface area contributed by atoms with Crippen molar-refractivity contribution in [3.05, 3.63) is 20.8 Å². The van der Waals surface area contributed by atoms with Gasteiger partial charge in [-0.15, -0.1) is 11.3 Å². The highest BCUT2D eigenvalue weighted by atomic mass is 79.9. The Hall–Kier alpha value is 0.0900. The minimum absolute atomic E-state index is 0.196. The first-order valence-electron chi connectivity index (χ1n) is 4.82. The molecule has 1 atom stereocenters. The molecule has 1 aromatic heterocycles. The third-order valence-corrected chi connectivity index (χ3v) is 6.65. The average molecular weight is 326 g/mol. The van der Waals surface area contributed by atoms with Crippen LogP contribution >= 0.6 is 27.3 Å². The van der Waals surface area contributed by atoms with Gasteiger partial charge in [-0.3, -0.25) is 0 Å². The standard InChI is InChI=1S/C10H16BrNO2S2/c1-10(2,16(4,13)14)9(12-3)7-5-6-8(11)15-7/h5-6,9,12H,1-4H3. The summed E-state index contributed by atoms with van der Waals surface area (Å²) in [5.41, 5.74) is 0. The minimum Gasteiger partial charge on any atom is -0.311 e. The molecule has 16 heavy (non-hydrogen) atoms. The first-order valence-corrected chi connectivity index (χ1v) is 8.32. The maximum Gasteiger partial charge on any atom is 0.154 e. The first-order chi connectivity index (χ1) is 7.20. The summed E-state index contributed by atoms with van der Waals surface area (Å²) in [5, 5.41) is 3.09. The van der Waals surface area contributed by atoms with Gasteiger partial charge in [-0.2, -0.15) is 0 Å². The number of hydrogen-bond donors (Lipinski definition) is 1. The second-order valence-corrected chi connectivity index (χ2v) is 9.33. The van der Waals surface area contributed by atoms with Crippen LogP contribution in [0.3, 0.4) is 0 Å². The van der Waals surface area contributed by atoms with Crippen molar-refractivity contribution < 1.29 is 8.42 Å². The summed E-state index contributed by atoms with van der Waals surface area (Å²) in [7, 11) is -1.34. The highest BCUT2D eigenvalue weighted by Gasteiger charge is 2.39. The van der Waals surface area contributed by atoms with Gasteiger partial charge in [0.15, 0.2) is 9.84 Å². The second-order valence-electron chi connectivity index (χ2n) is 4.24. The van der Waals surface area contributed by atoms with E-state index in [1.807, 2.05) is 12.1 Å². The van der Waals surface area contributed by atoms with Crippen molar-refractivity contribution in [2.45, 2.75) is 24.6 Å². The zero-order valence-electron chi connectivity index (χ0n) is 9.74. The van der Waals surface area contributed by atoms with E-state index in [-0.39, 0.29) is 6.04 Å². The Bertz CT molecular complexity index is 465. The molecule has 1 aromatic rings. The van der Waals surface area contributed by atoms with Gasteiger partial charge in [0.2, 0.25) is 0 Å². The van der Waals surface area contributed by atoms with Crippen LogP contribution in [0.5, 0.6) is 0 Å². The Balaban J connectivity index is 3.18. The van der Waals surface area contributed by atoms with Gasteiger partial charge in [0, 0.05) is 11.1 Å². The Labute approximate surface area is 109 Å². The fraction of sp³-hybridized carbons (Fsp3) is 0.600. The van der Waals surface area contributed by atoms with E-state index in [1.165, 1.54) is 6.26 Å². The van der Waals surface area contributed by atoms with E-state index in [0.29, 0.717) is 0 Å². The molecule has 92 valence electrons. The van der Waals surface area contributed by atoms with Gasteiger partial charge in [-0.1, -0.05) is 0 Å². The van der Waals surface area contributed by atoms with E-state index in [9.17, 15) is 8.42 Å². The van der Waals surface area contributed by atoms with Crippen LogP contribution in [-0.2, 0) is 9.84 Å². The molecular weight excluding hydrogens is 310 g/mol. The van der Waals surface area contributed by atoms with Gasteiger partial charge in [0.1, 0.15) is 0 Å². The van der Waals surface area contributed by atoms with Crippen LogP contribution in [0, 0.1) is 0 Å². The summed E-state index contributed by atoms with van der Waals surface area (Å²) in [6, 6.07) is 3.68. The Kier molecular flexibility index (Phi) is 4.21. The summed E-state index contributed by atoms with van der Waals surface area (Å²) >= 11 is 4.94. The maximum absolute atomic E-state index is 11.8. The van der Waals surface area contributed by atoms with Crippen molar-refractivity contribution in [3.63, 3.8) is 0 Å². The summed E-state index contributed by atoms with van der Waals surface area (Å²) in [6.07, 6.45) is 1.28. The lowest BCUT2D eigenvalue weighted by molar-refractivity contribution is 0.451. The predicted molar refractivity (Wildman–Crippen MR) is 72.7 cm³/mol. The molecule has 0 aliphatic rings. The van der Waals surface area contributed by atoms with E-state index in [2.05, 4.69) is 21.2 Å². The van der Waals surface area contributed by atoms with Gasteiger partial charge in [0.05, 0.1) is 14.6 Å². The van der Waals surface area contributed by atoms with Gasteiger partial charge in [-0.05, 0) is 49.0 Å². The van der Waals surface area contributed by atoms with Crippen LogP contribution in [-0.4, -0.2) is 26.5 Å². The second kappa shape index (κ2) is 4.76. The summed E-state index contributed by atoms with van der Waals surface area (Å²) in [4.78, 5) is 1.02. The molecule has 0 saturated carbocycles. The lowest BCUT2D eigenvalue weighted by Gasteiger charge is -2.31. The molecule has 1 rings (SSSR count). The van der Waals surface area contributed by atoms with Crippen molar-refractivity contribution in [1.82, 2.24) is 5.32 Å². The Morgan fingerprint density at radius 2 is 2.00 bits per heavy atom. The molecular formula is C10H16BrNO2S2. The number of thiophene rings is 1. The quantitative estimate of drug-likeness (QED) is 0.925. The first kappa shape index (κ1) is 14.2. The molecule has 0 saturated heterocycles. The number of nitrogens with one attached hydrogen (secondary N) is 1. The Morgan fingerprint density at radius 3 is 2.31 bits per heavy atom. The van der Waals surface area contributed by atoms with Crippen LogP contribution in [0.15, 0.2) is 15.9 Å². The smallest absolute Gasteiger partial charge is 0.154 e. The normalized spacial score (nSPS) is 15.1. The van der Waals surface area contributed by atoms with E-state index in [4.69, 9.17) is 0 Å². The summed E-state index contributed by atoms with van der Waals surface area (Å²) < 4.78 is 23.8. The molecule has 0 fully saturated rings. The Morgan fingerprint density at radius 1 is 1.44 bits per heavy atom. The van der Waals surface area contributed by atoms with Crippen LogP contribution in [0.1, 0.15) is 24.8 Å². The number of hydrogen-bond acceptors (Lipinski definition) is 4. The molecule has 1 N–H and O–H groups in total. The lowest BCUT2D eigenvalue weighted by Crippen LogP contribution is -2.43. The molecule has 0 aliphatic heterocycles. The van der Waals surface area contributed by atoms with Crippen molar-refractivity contribution in [1.29, 1.82) is 0 Å². The number of sulfone groups is 1. The topological polar surface area (TPSA) is 46.2 Å². The molecule has 0 bridgehead atoms. The molecule has 1 unspecified atom stereocenters. The molecule has 3 nitrogen and oxygen atoms in total. The largest absolute Gasteiger partial charge is 0.311 e. The van der Waals surface area contributed by atoms with E-state index in [1.54, 1.807) is 32.2 Å². The van der Waals surface area contributed by atoms with Gasteiger partial charge in [0.25, 0.3) is 0 Å². The number of rotatable bonds is 4. The maximum atomic E-state index is 11.8. The van der Waals surface area contributed by atoms with Crippen molar-refractivity contribution in [2.24, 2.45) is 0 Å². The third-order valence-electron chi connectivity index (χ3n) is 2.82. The monoisotopic (exact) mass is 325 g/mol. The van der Waals surface area contributed by atoms with Crippen LogP contribution < -0.4 is 5.32 Å². The van der Waals surface area contributed by atoms with Crippen LogP contribution in [0.4, 0.5) is 0 Å². The fourth-order valence-electron chi connectivity index (χ4n) is 1.53. The van der Waals surface area contributed by atoms with Gasteiger partial charge < -0.3 is 5.32 Å². The fourth-order valence-corrected chi connectivity index (χ4v) is 4.00. The molecule has 0 aliphatic carbocycles. The lowest BCUT2D eigenvalue weighted by atomic mass is 10.0. The van der Waals surface area contributed by atoms with Crippen LogP contribution in [0.2, 0.25) is 0 Å². The molecule has 0 spiro atoms. The summed E-state index contributed by atoms with van der Waals surface area (Å²) in [6.45, 7) is 3.49. The molecule has 0 radical (unpaired) electrons. The molecule has 6 heteroatoms. The van der Waals surface area contributed by atoms with Crippen molar-refractivity contribution in [2.75, 3.05) is 13.3 Å².